The minimum atomic E-state index is -0.272. The molecule has 1 aromatic rings. The molecule has 0 aliphatic carbocycles. The van der Waals surface area contributed by atoms with Crippen molar-refractivity contribution in [3.63, 3.8) is 0 Å². The number of hydrogen-bond donors (Lipinski definition) is 2. The molecule has 0 saturated heterocycles. The molecule has 0 fully saturated rings. The summed E-state index contributed by atoms with van der Waals surface area (Å²) in [7, 11) is 0. The third-order valence-electron chi connectivity index (χ3n) is 2.01. The van der Waals surface area contributed by atoms with Gasteiger partial charge in [-0.15, -0.1) is 6.42 Å². The van der Waals surface area contributed by atoms with Crippen molar-refractivity contribution in [2.24, 2.45) is 5.73 Å². The van der Waals surface area contributed by atoms with E-state index in [1.54, 1.807) is 12.1 Å². The third-order valence-corrected chi connectivity index (χ3v) is 2.01. The number of pyridine rings is 1. The molecule has 90 valence electrons. The van der Waals surface area contributed by atoms with Crippen LogP contribution in [-0.2, 0) is 11.3 Å². The highest BCUT2D eigenvalue weighted by Crippen LogP contribution is 2.15. The third kappa shape index (κ3) is 4.13. The summed E-state index contributed by atoms with van der Waals surface area (Å²) in [5, 5.41) is 2.50. The van der Waals surface area contributed by atoms with Crippen molar-refractivity contribution in [2.45, 2.75) is 13.5 Å². The SMILES string of the molecule is C#CCNC(=O)COc1ccc(C)nc1CN. The number of terminal acetylenes is 1. The van der Waals surface area contributed by atoms with E-state index in [0.29, 0.717) is 11.4 Å². The Balaban J connectivity index is 2.57. The Hall–Kier alpha value is -2.06. The quantitative estimate of drug-likeness (QED) is 0.700. The predicted molar refractivity (Wildman–Crippen MR) is 64.2 cm³/mol. The number of carbonyl (C=O) groups is 1. The van der Waals surface area contributed by atoms with Crippen molar-refractivity contribution < 1.29 is 9.53 Å². The van der Waals surface area contributed by atoms with Gasteiger partial charge in [0, 0.05) is 12.2 Å². The number of amides is 1. The minimum absolute atomic E-state index is 0.0978. The average molecular weight is 233 g/mol. The first-order valence-electron chi connectivity index (χ1n) is 5.17. The normalized spacial score (nSPS) is 9.47. The molecule has 1 rings (SSSR count). The maximum atomic E-state index is 11.3. The Bertz CT molecular complexity index is 438. The zero-order valence-electron chi connectivity index (χ0n) is 9.69. The van der Waals surface area contributed by atoms with Gasteiger partial charge >= 0.3 is 0 Å². The fourth-order valence-corrected chi connectivity index (χ4v) is 1.22. The van der Waals surface area contributed by atoms with E-state index in [4.69, 9.17) is 16.9 Å². The van der Waals surface area contributed by atoms with Crippen molar-refractivity contribution >= 4 is 5.91 Å². The van der Waals surface area contributed by atoms with Crippen LogP contribution in [0, 0.1) is 19.3 Å². The van der Waals surface area contributed by atoms with E-state index in [2.05, 4.69) is 16.2 Å². The summed E-state index contributed by atoms with van der Waals surface area (Å²) < 4.78 is 5.32. The maximum absolute atomic E-state index is 11.3. The first kappa shape index (κ1) is 13.0. The Labute approximate surface area is 100 Å². The fraction of sp³-hybridized carbons (Fsp3) is 0.333. The second-order valence-corrected chi connectivity index (χ2v) is 3.37. The van der Waals surface area contributed by atoms with E-state index in [9.17, 15) is 4.79 Å². The van der Waals surface area contributed by atoms with Gasteiger partial charge in [-0.25, -0.2) is 0 Å². The van der Waals surface area contributed by atoms with Crippen LogP contribution in [0.25, 0.3) is 0 Å². The fourth-order valence-electron chi connectivity index (χ4n) is 1.22. The van der Waals surface area contributed by atoms with Gasteiger partial charge in [-0.05, 0) is 19.1 Å². The molecule has 3 N–H and O–H groups in total. The Kier molecular flexibility index (Phi) is 4.98. The molecule has 1 amide bonds. The van der Waals surface area contributed by atoms with Crippen LogP contribution in [0.2, 0.25) is 0 Å². The van der Waals surface area contributed by atoms with Gasteiger partial charge in [-0.3, -0.25) is 9.78 Å². The molecule has 0 unspecified atom stereocenters. The molecule has 0 atom stereocenters. The van der Waals surface area contributed by atoms with Gasteiger partial charge in [0.2, 0.25) is 0 Å². The zero-order chi connectivity index (χ0) is 12.7. The molecular weight excluding hydrogens is 218 g/mol. The van der Waals surface area contributed by atoms with Gasteiger partial charge in [0.25, 0.3) is 5.91 Å². The first-order valence-corrected chi connectivity index (χ1v) is 5.17. The van der Waals surface area contributed by atoms with Crippen molar-refractivity contribution in [3.8, 4) is 18.1 Å². The molecule has 5 nitrogen and oxygen atoms in total. The molecule has 1 heterocycles. The van der Waals surface area contributed by atoms with Crippen molar-refractivity contribution in [1.82, 2.24) is 10.3 Å². The molecule has 0 saturated carbocycles. The summed E-state index contributed by atoms with van der Waals surface area (Å²) in [6.45, 7) is 2.23. The lowest BCUT2D eigenvalue weighted by atomic mass is 10.3. The monoisotopic (exact) mass is 233 g/mol. The van der Waals surface area contributed by atoms with E-state index < -0.39 is 0 Å². The average Bonchev–Trinajstić information content (AvgIpc) is 2.34. The van der Waals surface area contributed by atoms with Crippen LogP contribution in [0.4, 0.5) is 0 Å². The maximum Gasteiger partial charge on any atom is 0.258 e. The Morgan fingerprint density at radius 1 is 1.65 bits per heavy atom. The second-order valence-electron chi connectivity index (χ2n) is 3.37. The molecule has 0 aliphatic heterocycles. The van der Waals surface area contributed by atoms with Crippen molar-refractivity contribution in [2.75, 3.05) is 13.2 Å². The van der Waals surface area contributed by atoms with Gasteiger partial charge in [0.1, 0.15) is 5.75 Å². The molecule has 0 radical (unpaired) electrons. The van der Waals surface area contributed by atoms with Crippen molar-refractivity contribution in [1.29, 1.82) is 0 Å². The number of rotatable bonds is 5. The molecule has 17 heavy (non-hydrogen) atoms. The molecule has 0 aliphatic rings. The number of aryl methyl sites for hydroxylation is 1. The molecule has 0 aromatic carbocycles. The molecule has 0 bridgehead atoms. The number of carbonyl (C=O) groups excluding carboxylic acids is 1. The smallest absolute Gasteiger partial charge is 0.258 e. The summed E-state index contributed by atoms with van der Waals surface area (Å²) in [6, 6.07) is 3.55. The lowest BCUT2D eigenvalue weighted by Crippen LogP contribution is -2.29. The molecular formula is C12H15N3O2. The number of nitrogens with one attached hydrogen (secondary N) is 1. The number of aromatic nitrogens is 1. The standard InChI is InChI=1S/C12H15N3O2/c1-3-6-14-12(16)8-17-11-5-4-9(2)15-10(11)7-13/h1,4-5H,6-8,13H2,2H3,(H,14,16). The van der Waals surface area contributed by atoms with Crippen LogP contribution in [0.5, 0.6) is 5.75 Å². The highest BCUT2D eigenvalue weighted by atomic mass is 16.5. The van der Waals surface area contributed by atoms with Crippen LogP contribution in [-0.4, -0.2) is 24.0 Å². The van der Waals surface area contributed by atoms with Crippen LogP contribution in [0.1, 0.15) is 11.4 Å². The lowest BCUT2D eigenvalue weighted by Gasteiger charge is -2.09. The van der Waals surface area contributed by atoms with E-state index in [1.165, 1.54) is 0 Å². The van der Waals surface area contributed by atoms with Crippen LogP contribution in [0.3, 0.4) is 0 Å². The van der Waals surface area contributed by atoms with Gasteiger partial charge in [-0.2, -0.15) is 0 Å². The van der Waals surface area contributed by atoms with Crippen LogP contribution < -0.4 is 15.8 Å². The number of hydrogen-bond acceptors (Lipinski definition) is 4. The highest BCUT2D eigenvalue weighted by Gasteiger charge is 2.06. The van der Waals surface area contributed by atoms with Gasteiger partial charge in [0.05, 0.1) is 12.2 Å². The zero-order valence-corrected chi connectivity index (χ0v) is 9.69. The molecule has 1 aromatic heterocycles. The lowest BCUT2D eigenvalue weighted by molar-refractivity contribution is -0.122. The first-order chi connectivity index (χ1) is 8.17. The van der Waals surface area contributed by atoms with Gasteiger partial charge in [0.15, 0.2) is 6.61 Å². The summed E-state index contributed by atoms with van der Waals surface area (Å²) >= 11 is 0. The second kappa shape index (κ2) is 6.51. The summed E-state index contributed by atoms with van der Waals surface area (Å²) in [6.07, 6.45) is 5.01. The molecule has 5 heteroatoms. The summed E-state index contributed by atoms with van der Waals surface area (Å²) in [5.41, 5.74) is 7.03. The van der Waals surface area contributed by atoms with E-state index >= 15 is 0 Å². The number of nitrogens with zero attached hydrogens (tertiary/aromatic N) is 1. The van der Waals surface area contributed by atoms with Crippen molar-refractivity contribution in [3.05, 3.63) is 23.5 Å². The topological polar surface area (TPSA) is 77.2 Å². The highest BCUT2D eigenvalue weighted by molar-refractivity contribution is 5.77. The van der Waals surface area contributed by atoms with Crippen LogP contribution >= 0.6 is 0 Å². The van der Waals surface area contributed by atoms with Crippen LogP contribution in [0.15, 0.2) is 12.1 Å². The summed E-state index contributed by atoms with van der Waals surface area (Å²) in [4.78, 5) is 15.5. The van der Waals surface area contributed by atoms with Gasteiger partial charge < -0.3 is 15.8 Å². The largest absolute Gasteiger partial charge is 0.482 e. The van der Waals surface area contributed by atoms with E-state index in [1.807, 2.05) is 6.92 Å². The number of ether oxygens (including phenoxy) is 1. The number of nitrogens with two attached hydrogens (primary N) is 1. The Morgan fingerprint density at radius 3 is 3.06 bits per heavy atom. The summed E-state index contributed by atoms with van der Waals surface area (Å²) in [5.74, 6) is 2.56. The minimum Gasteiger partial charge on any atom is -0.482 e. The van der Waals surface area contributed by atoms with E-state index in [-0.39, 0.29) is 25.6 Å². The predicted octanol–water partition coefficient (Wildman–Crippen LogP) is -0.0231. The van der Waals surface area contributed by atoms with E-state index in [0.717, 1.165) is 5.69 Å². The van der Waals surface area contributed by atoms with Gasteiger partial charge in [-0.1, -0.05) is 5.92 Å². The molecule has 0 spiro atoms. The Morgan fingerprint density at radius 2 is 2.41 bits per heavy atom.